The molecular formula is C16H25N7OS. The van der Waals surface area contributed by atoms with Gasteiger partial charge < -0.3 is 14.8 Å². The molecule has 8 nitrogen and oxygen atoms in total. The van der Waals surface area contributed by atoms with Gasteiger partial charge in [0.15, 0.2) is 5.16 Å². The van der Waals surface area contributed by atoms with Gasteiger partial charge in [-0.05, 0) is 25.7 Å². The fourth-order valence-electron chi connectivity index (χ4n) is 3.05. The van der Waals surface area contributed by atoms with Gasteiger partial charge in [0.2, 0.25) is 11.8 Å². The summed E-state index contributed by atoms with van der Waals surface area (Å²) in [5.41, 5.74) is 0. The summed E-state index contributed by atoms with van der Waals surface area (Å²) in [4.78, 5) is 22.9. The lowest BCUT2D eigenvalue weighted by atomic mass is 9.95. The number of carbonyl (C=O) groups is 1. The Kier molecular flexibility index (Phi) is 5.31. The van der Waals surface area contributed by atoms with Crippen molar-refractivity contribution in [3.63, 3.8) is 0 Å². The average Bonchev–Trinajstić information content (AvgIpc) is 3.15. The molecule has 2 aromatic heterocycles. The molecule has 1 aliphatic rings. The van der Waals surface area contributed by atoms with Gasteiger partial charge in [0.1, 0.15) is 0 Å². The molecule has 0 aromatic carbocycles. The molecule has 0 atom stereocenters. The van der Waals surface area contributed by atoms with Crippen molar-refractivity contribution in [3.8, 4) is 0 Å². The van der Waals surface area contributed by atoms with Gasteiger partial charge >= 0.3 is 0 Å². The number of nitrogens with one attached hydrogen (secondary N) is 1. The lowest BCUT2D eigenvalue weighted by Crippen LogP contribution is -2.38. The smallest absolute Gasteiger partial charge is 0.291 e. The molecular weight excluding hydrogens is 338 g/mol. The Morgan fingerprint density at radius 3 is 2.56 bits per heavy atom. The summed E-state index contributed by atoms with van der Waals surface area (Å²) in [5, 5.41) is 8.90. The molecule has 1 aliphatic carbocycles. The number of amides is 1. The number of hydrogen-bond donors (Lipinski definition) is 1. The van der Waals surface area contributed by atoms with E-state index in [2.05, 4.69) is 20.4 Å². The third-order valence-electron chi connectivity index (χ3n) is 4.40. The number of anilines is 1. The normalized spacial score (nSPS) is 20.5. The quantitative estimate of drug-likeness (QED) is 0.866. The number of thioether (sulfide) groups is 1. The van der Waals surface area contributed by atoms with E-state index in [-0.39, 0.29) is 17.8 Å². The Bertz CT molecular complexity index is 731. The van der Waals surface area contributed by atoms with Crippen LogP contribution in [0.1, 0.15) is 36.3 Å². The van der Waals surface area contributed by atoms with Gasteiger partial charge in [-0.25, -0.2) is 9.67 Å². The van der Waals surface area contributed by atoms with Crippen LogP contribution in [0.2, 0.25) is 0 Å². The Morgan fingerprint density at radius 1 is 1.28 bits per heavy atom. The van der Waals surface area contributed by atoms with E-state index in [1.807, 2.05) is 54.8 Å². The fraction of sp³-hybridized carbons (Fsp3) is 0.625. The van der Waals surface area contributed by atoms with Gasteiger partial charge in [0.05, 0.1) is 0 Å². The minimum atomic E-state index is -0.191. The van der Waals surface area contributed by atoms with Crippen molar-refractivity contribution >= 4 is 23.6 Å². The predicted molar refractivity (Wildman–Crippen MR) is 97.9 cm³/mol. The predicted octanol–water partition coefficient (Wildman–Crippen LogP) is 1.45. The van der Waals surface area contributed by atoms with E-state index in [1.54, 1.807) is 11.7 Å². The lowest BCUT2D eigenvalue weighted by molar-refractivity contribution is 0.0917. The molecule has 2 heterocycles. The Labute approximate surface area is 152 Å². The van der Waals surface area contributed by atoms with Crippen LogP contribution in [0.5, 0.6) is 0 Å². The molecule has 0 saturated heterocycles. The molecule has 136 valence electrons. The Balaban J connectivity index is 1.51. The zero-order valence-electron chi connectivity index (χ0n) is 15.1. The second-order valence-corrected chi connectivity index (χ2v) is 7.91. The molecule has 2 aromatic rings. The van der Waals surface area contributed by atoms with E-state index in [1.165, 1.54) is 0 Å². The van der Waals surface area contributed by atoms with E-state index in [9.17, 15) is 4.79 Å². The van der Waals surface area contributed by atoms with Crippen molar-refractivity contribution in [3.05, 3.63) is 18.2 Å². The summed E-state index contributed by atoms with van der Waals surface area (Å²) in [5.74, 6) is 0.708. The third kappa shape index (κ3) is 4.15. The van der Waals surface area contributed by atoms with Crippen LogP contribution in [0.4, 0.5) is 5.95 Å². The van der Waals surface area contributed by atoms with Crippen molar-refractivity contribution in [2.45, 2.75) is 42.1 Å². The molecule has 1 N–H and O–H groups in total. The highest BCUT2D eigenvalue weighted by atomic mass is 32.2. The van der Waals surface area contributed by atoms with E-state index in [0.29, 0.717) is 11.2 Å². The number of nitrogens with zero attached hydrogens (tertiary/aromatic N) is 6. The highest BCUT2D eigenvalue weighted by Crippen LogP contribution is 2.32. The van der Waals surface area contributed by atoms with Crippen LogP contribution in [0.25, 0.3) is 0 Å². The first-order valence-electron chi connectivity index (χ1n) is 8.47. The second-order valence-electron chi connectivity index (χ2n) is 6.64. The molecule has 25 heavy (non-hydrogen) atoms. The first-order chi connectivity index (χ1) is 11.9. The number of rotatable bonds is 5. The van der Waals surface area contributed by atoms with Gasteiger partial charge in [0.25, 0.3) is 5.91 Å². The highest BCUT2D eigenvalue weighted by molar-refractivity contribution is 7.99. The van der Waals surface area contributed by atoms with Gasteiger partial charge in [-0.1, -0.05) is 11.8 Å². The monoisotopic (exact) mass is 363 g/mol. The van der Waals surface area contributed by atoms with Crippen LogP contribution >= 0.6 is 11.8 Å². The van der Waals surface area contributed by atoms with Crippen molar-refractivity contribution in [2.75, 3.05) is 19.0 Å². The van der Waals surface area contributed by atoms with E-state index >= 15 is 0 Å². The van der Waals surface area contributed by atoms with Crippen LogP contribution in [-0.4, -0.2) is 55.6 Å². The summed E-state index contributed by atoms with van der Waals surface area (Å²) in [7, 11) is 7.57. The SMILES string of the molecule is CN(C)c1nc(C(=O)NC2CCC(Sc3nccn3C)CC2)nn1C. The lowest BCUT2D eigenvalue weighted by Gasteiger charge is -2.28. The van der Waals surface area contributed by atoms with Crippen molar-refractivity contribution in [1.82, 2.24) is 29.6 Å². The molecule has 9 heteroatoms. The molecule has 0 bridgehead atoms. The molecule has 0 aliphatic heterocycles. The standard InChI is InChI=1S/C16H25N7OS/c1-21(2)15-19-13(20-23(15)4)14(24)18-11-5-7-12(8-6-11)25-16-17-9-10-22(16)3/h9-12H,5-8H2,1-4H3,(H,18,24). The number of hydrogen-bond acceptors (Lipinski definition) is 6. The largest absolute Gasteiger partial charge is 0.347 e. The van der Waals surface area contributed by atoms with Crippen LogP contribution < -0.4 is 10.2 Å². The van der Waals surface area contributed by atoms with E-state index in [0.717, 1.165) is 30.8 Å². The number of imidazole rings is 1. The van der Waals surface area contributed by atoms with Crippen LogP contribution in [0.15, 0.2) is 17.6 Å². The maximum Gasteiger partial charge on any atom is 0.291 e. The minimum Gasteiger partial charge on any atom is -0.347 e. The summed E-state index contributed by atoms with van der Waals surface area (Å²) in [6, 6.07) is 0.192. The zero-order chi connectivity index (χ0) is 18.0. The first-order valence-corrected chi connectivity index (χ1v) is 9.35. The molecule has 3 rings (SSSR count). The molecule has 0 unspecified atom stereocenters. The average molecular weight is 363 g/mol. The highest BCUT2D eigenvalue weighted by Gasteiger charge is 2.26. The van der Waals surface area contributed by atoms with Crippen molar-refractivity contribution in [2.24, 2.45) is 14.1 Å². The molecule has 1 amide bonds. The van der Waals surface area contributed by atoms with Crippen molar-refractivity contribution < 1.29 is 4.79 Å². The number of aryl methyl sites for hydroxylation is 2. The number of carbonyl (C=O) groups excluding carboxylic acids is 1. The van der Waals surface area contributed by atoms with E-state index < -0.39 is 0 Å². The fourth-order valence-corrected chi connectivity index (χ4v) is 4.21. The van der Waals surface area contributed by atoms with E-state index in [4.69, 9.17) is 0 Å². The maximum absolute atomic E-state index is 12.4. The zero-order valence-corrected chi connectivity index (χ0v) is 16.0. The molecule has 1 saturated carbocycles. The third-order valence-corrected chi connectivity index (χ3v) is 5.81. The molecule has 1 fully saturated rings. The summed E-state index contributed by atoms with van der Waals surface area (Å²) >= 11 is 1.83. The first kappa shape index (κ1) is 17.8. The summed E-state index contributed by atoms with van der Waals surface area (Å²) in [6.45, 7) is 0. The Hall–Kier alpha value is -2.03. The van der Waals surface area contributed by atoms with Gasteiger partial charge in [-0.15, -0.1) is 5.10 Å². The molecule has 0 spiro atoms. The number of aromatic nitrogens is 5. The van der Waals surface area contributed by atoms with Crippen LogP contribution in [-0.2, 0) is 14.1 Å². The van der Waals surface area contributed by atoms with Gasteiger partial charge in [-0.3, -0.25) is 4.79 Å². The topological polar surface area (TPSA) is 80.9 Å². The van der Waals surface area contributed by atoms with Crippen LogP contribution in [0.3, 0.4) is 0 Å². The maximum atomic E-state index is 12.4. The minimum absolute atomic E-state index is 0.191. The summed E-state index contributed by atoms with van der Waals surface area (Å²) < 4.78 is 3.67. The molecule has 0 radical (unpaired) electrons. The van der Waals surface area contributed by atoms with Gasteiger partial charge in [-0.2, -0.15) is 4.98 Å². The van der Waals surface area contributed by atoms with Crippen molar-refractivity contribution in [1.29, 1.82) is 0 Å². The van der Waals surface area contributed by atoms with Crippen LogP contribution in [0, 0.1) is 0 Å². The second kappa shape index (κ2) is 7.47. The summed E-state index contributed by atoms with van der Waals surface area (Å²) in [6.07, 6.45) is 7.89. The van der Waals surface area contributed by atoms with Gasteiger partial charge in [0, 0.05) is 51.9 Å². The Morgan fingerprint density at radius 2 is 2.00 bits per heavy atom.